The molecule has 0 saturated heterocycles. The van der Waals surface area contributed by atoms with Gasteiger partial charge in [-0.1, -0.05) is 12.1 Å². The van der Waals surface area contributed by atoms with Gasteiger partial charge < -0.3 is 15.4 Å². The molecule has 132 valence electrons. The summed E-state index contributed by atoms with van der Waals surface area (Å²) in [6, 6.07) is 14.4. The lowest BCUT2D eigenvalue weighted by Crippen LogP contribution is -2.21. The number of nitrogens with two attached hydrogens (primary N) is 1. The van der Waals surface area contributed by atoms with Crippen molar-refractivity contribution >= 4 is 16.6 Å². The molecule has 26 heavy (non-hydrogen) atoms. The Hall–Kier alpha value is -2.77. The lowest BCUT2D eigenvalue weighted by Gasteiger charge is -2.27. The van der Waals surface area contributed by atoms with Gasteiger partial charge in [-0.25, -0.2) is 0 Å². The predicted octanol–water partition coefficient (Wildman–Crippen LogP) is 4.55. The number of fused-ring (bicyclic) bond motifs is 1. The average Bonchev–Trinajstić information content (AvgIpc) is 3.02. The van der Waals surface area contributed by atoms with E-state index in [-0.39, 0.29) is 12.1 Å². The summed E-state index contributed by atoms with van der Waals surface area (Å²) in [4.78, 5) is 0. The monoisotopic (exact) mass is 345 g/mol. The summed E-state index contributed by atoms with van der Waals surface area (Å²) in [5.41, 5.74) is 11.9. The lowest BCUT2D eigenvalue weighted by atomic mass is 9.93. The maximum absolute atomic E-state index is 10.1. The minimum Gasteiger partial charge on any atom is -0.398 e. The zero-order chi connectivity index (χ0) is 18.3. The van der Waals surface area contributed by atoms with Gasteiger partial charge >= 0.3 is 0 Å². The van der Waals surface area contributed by atoms with E-state index in [1.807, 2.05) is 37.3 Å². The highest BCUT2D eigenvalue weighted by molar-refractivity contribution is 5.98. The van der Waals surface area contributed by atoms with Crippen LogP contribution in [-0.4, -0.2) is 15.8 Å². The second-order valence-electron chi connectivity index (χ2n) is 7.29. The van der Waals surface area contributed by atoms with Gasteiger partial charge in [-0.15, -0.1) is 0 Å². The van der Waals surface area contributed by atoms with Crippen LogP contribution in [0.15, 0.2) is 42.6 Å². The van der Waals surface area contributed by atoms with Crippen LogP contribution < -0.4 is 5.73 Å². The molecule has 2 unspecified atom stereocenters. The van der Waals surface area contributed by atoms with Gasteiger partial charge in [0.15, 0.2) is 0 Å². The highest BCUT2D eigenvalue weighted by Gasteiger charge is 2.24. The quantitative estimate of drug-likeness (QED) is 0.669. The molecule has 3 aromatic rings. The molecule has 1 heterocycles. The Bertz CT molecular complexity index is 1010. The fourth-order valence-corrected chi connectivity index (χ4v) is 4.18. The first kappa shape index (κ1) is 16.7. The van der Waals surface area contributed by atoms with E-state index in [9.17, 15) is 10.4 Å². The molecule has 0 spiro atoms. The summed E-state index contributed by atoms with van der Waals surface area (Å²) in [5, 5.41) is 20.5. The Balaban J connectivity index is 1.95. The summed E-state index contributed by atoms with van der Waals surface area (Å²) in [7, 11) is 0. The van der Waals surface area contributed by atoms with Crippen molar-refractivity contribution in [3.8, 4) is 17.2 Å². The molecule has 1 aliphatic rings. The van der Waals surface area contributed by atoms with Crippen molar-refractivity contribution < 1.29 is 5.11 Å². The number of aliphatic hydroxyl groups is 1. The number of aliphatic hydroxyl groups excluding tert-OH is 1. The van der Waals surface area contributed by atoms with E-state index in [1.54, 1.807) is 0 Å². The van der Waals surface area contributed by atoms with Crippen molar-refractivity contribution in [2.45, 2.75) is 44.8 Å². The molecule has 0 radical (unpaired) electrons. The van der Waals surface area contributed by atoms with Crippen LogP contribution in [0.3, 0.4) is 0 Å². The van der Waals surface area contributed by atoms with Crippen molar-refractivity contribution in [3.05, 3.63) is 53.7 Å². The topological polar surface area (TPSA) is 75.0 Å². The van der Waals surface area contributed by atoms with E-state index in [1.165, 1.54) is 0 Å². The fourth-order valence-electron chi connectivity index (χ4n) is 4.18. The Morgan fingerprint density at radius 3 is 2.81 bits per heavy atom. The van der Waals surface area contributed by atoms with E-state index >= 15 is 0 Å². The van der Waals surface area contributed by atoms with Gasteiger partial charge in [0.25, 0.3) is 0 Å². The third-order valence-corrected chi connectivity index (χ3v) is 5.64. The molecule has 4 heteroatoms. The van der Waals surface area contributed by atoms with Gasteiger partial charge in [0.05, 0.1) is 17.7 Å². The number of rotatable bonds is 2. The molecule has 1 aromatic heterocycles. The first-order chi connectivity index (χ1) is 12.6. The number of hydrogen-bond donors (Lipinski definition) is 2. The SMILES string of the molecule is Cc1c(N)cccc1-c1cn(C2CCCC(O)C2)c2ccc(C#N)cc12. The summed E-state index contributed by atoms with van der Waals surface area (Å²) >= 11 is 0. The Labute approximate surface area is 153 Å². The van der Waals surface area contributed by atoms with Gasteiger partial charge in [0, 0.05) is 34.4 Å². The molecule has 1 aliphatic carbocycles. The number of anilines is 1. The van der Waals surface area contributed by atoms with E-state index in [4.69, 9.17) is 5.73 Å². The molecule has 4 rings (SSSR count). The van der Waals surface area contributed by atoms with E-state index in [0.29, 0.717) is 5.56 Å². The molecule has 1 fully saturated rings. The number of benzene rings is 2. The van der Waals surface area contributed by atoms with Gasteiger partial charge in [0.2, 0.25) is 0 Å². The minimum atomic E-state index is -0.234. The fraction of sp³-hybridized carbons (Fsp3) is 0.318. The number of hydrogen-bond acceptors (Lipinski definition) is 3. The van der Waals surface area contributed by atoms with Gasteiger partial charge in [-0.05, 0) is 68.0 Å². The highest BCUT2D eigenvalue weighted by Crippen LogP contribution is 2.39. The molecule has 2 aromatic carbocycles. The predicted molar refractivity (Wildman–Crippen MR) is 105 cm³/mol. The second kappa shape index (κ2) is 6.51. The maximum Gasteiger partial charge on any atom is 0.0991 e. The number of nitrogen functional groups attached to an aromatic ring is 1. The van der Waals surface area contributed by atoms with Crippen LogP contribution in [0.4, 0.5) is 5.69 Å². The molecule has 0 amide bonds. The molecule has 1 saturated carbocycles. The number of aromatic nitrogens is 1. The van der Waals surface area contributed by atoms with E-state index in [0.717, 1.165) is 59.0 Å². The zero-order valence-corrected chi connectivity index (χ0v) is 14.9. The third-order valence-electron chi connectivity index (χ3n) is 5.64. The van der Waals surface area contributed by atoms with E-state index < -0.39 is 0 Å². The molecule has 0 bridgehead atoms. The molecular weight excluding hydrogens is 322 g/mol. The van der Waals surface area contributed by atoms with Crippen molar-refractivity contribution in [1.29, 1.82) is 5.26 Å². The highest BCUT2D eigenvalue weighted by atomic mass is 16.3. The van der Waals surface area contributed by atoms with Crippen molar-refractivity contribution in [1.82, 2.24) is 4.57 Å². The third kappa shape index (κ3) is 2.75. The number of nitriles is 1. The Kier molecular flexibility index (Phi) is 4.18. The van der Waals surface area contributed by atoms with Crippen LogP contribution in [-0.2, 0) is 0 Å². The minimum absolute atomic E-state index is 0.234. The van der Waals surface area contributed by atoms with Crippen molar-refractivity contribution in [2.75, 3.05) is 5.73 Å². The van der Waals surface area contributed by atoms with Crippen LogP contribution in [0.25, 0.3) is 22.0 Å². The van der Waals surface area contributed by atoms with Gasteiger partial charge in [-0.3, -0.25) is 0 Å². The van der Waals surface area contributed by atoms with Crippen molar-refractivity contribution in [3.63, 3.8) is 0 Å². The van der Waals surface area contributed by atoms with E-state index in [2.05, 4.69) is 22.9 Å². The first-order valence-electron chi connectivity index (χ1n) is 9.16. The summed E-state index contributed by atoms with van der Waals surface area (Å²) in [6.07, 6.45) is 5.71. The average molecular weight is 345 g/mol. The Morgan fingerprint density at radius 2 is 2.04 bits per heavy atom. The van der Waals surface area contributed by atoms with Crippen LogP contribution >= 0.6 is 0 Å². The van der Waals surface area contributed by atoms with Crippen LogP contribution in [0, 0.1) is 18.3 Å². The molecule has 4 nitrogen and oxygen atoms in total. The van der Waals surface area contributed by atoms with Gasteiger partial charge in [0.1, 0.15) is 0 Å². The molecule has 0 aliphatic heterocycles. The van der Waals surface area contributed by atoms with Crippen LogP contribution in [0.5, 0.6) is 0 Å². The summed E-state index contributed by atoms with van der Waals surface area (Å²) in [6.45, 7) is 2.03. The lowest BCUT2D eigenvalue weighted by molar-refractivity contribution is 0.105. The summed E-state index contributed by atoms with van der Waals surface area (Å²) in [5.74, 6) is 0. The molecule has 2 atom stereocenters. The molecular formula is C22H23N3O. The number of nitrogens with zero attached hydrogens (tertiary/aromatic N) is 2. The molecule has 3 N–H and O–H groups in total. The smallest absolute Gasteiger partial charge is 0.0991 e. The van der Waals surface area contributed by atoms with Crippen LogP contribution in [0.1, 0.15) is 42.9 Å². The summed E-state index contributed by atoms with van der Waals surface area (Å²) < 4.78 is 2.29. The van der Waals surface area contributed by atoms with Crippen LogP contribution in [0.2, 0.25) is 0 Å². The van der Waals surface area contributed by atoms with Crippen molar-refractivity contribution in [2.24, 2.45) is 0 Å². The standard InChI is InChI=1S/C22H23N3O/c1-14-18(6-3-7-21(14)24)20-13-25(16-4-2-5-17(26)11-16)22-9-8-15(12-23)10-19(20)22/h3,6-10,13,16-17,26H,2,4-5,11,24H2,1H3. The normalized spacial score (nSPS) is 20.2. The zero-order valence-electron chi connectivity index (χ0n) is 14.9. The second-order valence-corrected chi connectivity index (χ2v) is 7.29. The first-order valence-corrected chi connectivity index (χ1v) is 9.16. The Morgan fingerprint density at radius 1 is 1.19 bits per heavy atom. The largest absolute Gasteiger partial charge is 0.398 e. The maximum atomic E-state index is 10.1. The van der Waals surface area contributed by atoms with Gasteiger partial charge in [-0.2, -0.15) is 5.26 Å².